The van der Waals surface area contributed by atoms with Crippen LogP contribution in [0.2, 0.25) is 0 Å². The first-order chi connectivity index (χ1) is 14.3. The average molecular weight is 404 g/mol. The van der Waals surface area contributed by atoms with Crippen LogP contribution in [0.1, 0.15) is 44.9 Å². The minimum atomic E-state index is -0.825. The van der Waals surface area contributed by atoms with E-state index in [2.05, 4.69) is 0 Å². The van der Waals surface area contributed by atoms with E-state index in [0.29, 0.717) is 33.6 Å². The van der Waals surface area contributed by atoms with Crippen LogP contribution in [0.3, 0.4) is 0 Å². The molecule has 154 valence electrons. The van der Waals surface area contributed by atoms with Crippen LogP contribution in [0.5, 0.6) is 11.5 Å². The molecule has 0 aliphatic carbocycles. The summed E-state index contributed by atoms with van der Waals surface area (Å²) in [4.78, 5) is 12.6. The Morgan fingerprint density at radius 3 is 2.53 bits per heavy atom. The van der Waals surface area contributed by atoms with Crippen LogP contribution in [0.25, 0.3) is 28.2 Å². The van der Waals surface area contributed by atoms with E-state index in [1.807, 2.05) is 70.2 Å². The number of benzene rings is 2. The van der Waals surface area contributed by atoms with Gasteiger partial charge in [-0.3, -0.25) is 0 Å². The SMILES string of the molecule is C[C@H]1[C@H](C)Oc2c3c(c4c(-c5ccccc5)cc(=O)oc4c2[C@@H]1O)OC(C)(C)C=C3. The second kappa shape index (κ2) is 6.47. The van der Waals surface area contributed by atoms with E-state index in [0.717, 1.165) is 11.1 Å². The third kappa shape index (κ3) is 2.76. The Balaban J connectivity index is 1.97. The Labute approximate surface area is 174 Å². The van der Waals surface area contributed by atoms with Gasteiger partial charge in [-0.2, -0.15) is 0 Å². The molecule has 0 unspecified atom stereocenters. The molecule has 3 aromatic rings. The Kier molecular flexibility index (Phi) is 4.09. The van der Waals surface area contributed by atoms with Gasteiger partial charge in [-0.25, -0.2) is 4.79 Å². The van der Waals surface area contributed by atoms with Crippen molar-refractivity contribution in [2.24, 2.45) is 5.92 Å². The number of rotatable bonds is 1. The highest BCUT2D eigenvalue weighted by molar-refractivity contribution is 6.04. The van der Waals surface area contributed by atoms with Crippen molar-refractivity contribution in [3.63, 3.8) is 0 Å². The van der Waals surface area contributed by atoms with E-state index in [9.17, 15) is 9.90 Å². The largest absolute Gasteiger partial charge is 0.489 e. The zero-order valence-corrected chi connectivity index (χ0v) is 17.4. The molecule has 30 heavy (non-hydrogen) atoms. The normalized spacial score (nSPS) is 24.0. The predicted octanol–water partition coefficient (Wildman–Crippen LogP) is 5.09. The first-order valence-electron chi connectivity index (χ1n) is 10.2. The second-order valence-electron chi connectivity index (χ2n) is 8.70. The summed E-state index contributed by atoms with van der Waals surface area (Å²) in [5.74, 6) is 0.970. The Hall–Kier alpha value is -3.05. The highest BCUT2D eigenvalue weighted by Crippen LogP contribution is 2.53. The number of aliphatic hydroxyl groups is 1. The molecule has 0 amide bonds. The summed E-state index contributed by atoms with van der Waals surface area (Å²) in [6.45, 7) is 7.80. The zero-order chi connectivity index (χ0) is 21.2. The molecule has 1 aromatic heterocycles. The maximum atomic E-state index is 12.6. The van der Waals surface area contributed by atoms with Gasteiger partial charge < -0.3 is 19.0 Å². The van der Waals surface area contributed by atoms with Gasteiger partial charge in [-0.05, 0) is 38.5 Å². The summed E-state index contributed by atoms with van der Waals surface area (Å²) in [6.07, 6.45) is 2.93. The highest BCUT2D eigenvalue weighted by Gasteiger charge is 2.40. The molecule has 2 aliphatic rings. The van der Waals surface area contributed by atoms with Gasteiger partial charge in [0.05, 0.1) is 22.6 Å². The highest BCUT2D eigenvalue weighted by atomic mass is 16.5. The zero-order valence-electron chi connectivity index (χ0n) is 17.4. The molecule has 0 spiro atoms. The van der Waals surface area contributed by atoms with Gasteiger partial charge in [0.25, 0.3) is 0 Å². The van der Waals surface area contributed by atoms with Crippen LogP contribution in [0.4, 0.5) is 0 Å². The summed E-state index contributed by atoms with van der Waals surface area (Å²) in [5, 5.41) is 11.8. The monoisotopic (exact) mass is 404 g/mol. The molecular weight excluding hydrogens is 380 g/mol. The van der Waals surface area contributed by atoms with E-state index >= 15 is 0 Å². The minimum absolute atomic E-state index is 0.158. The van der Waals surface area contributed by atoms with Crippen molar-refractivity contribution in [2.75, 3.05) is 0 Å². The lowest BCUT2D eigenvalue weighted by atomic mass is 9.84. The lowest BCUT2D eigenvalue weighted by Crippen LogP contribution is -2.34. The van der Waals surface area contributed by atoms with Crippen molar-refractivity contribution < 1.29 is 19.0 Å². The number of hydrogen-bond donors (Lipinski definition) is 1. The standard InChI is InChI=1S/C25H24O5/c1-13-14(2)28-22-16-10-11-25(3,4)30-23(16)19-17(15-8-6-5-7-9-15)12-18(26)29-24(19)20(22)21(13)27/h5-14,21,27H,1-4H3/t13-,14-,21+/m0/s1. The molecule has 2 aliphatic heterocycles. The quantitative estimate of drug-likeness (QED) is 0.572. The lowest BCUT2D eigenvalue weighted by Gasteiger charge is -2.37. The first-order valence-corrected chi connectivity index (χ1v) is 10.2. The number of ether oxygens (including phenoxy) is 2. The number of hydrogen-bond acceptors (Lipinski definition) is 5. The van der Waals surface area contributed by atoms with Crippen LogP contribution < -0.4 is 15.1 Å². The van der Waals surface area contributed by atoms with E-state index in [-0.39, 0.29) is 12.0 Å². The fourth-order valence-electron chi connectivity index (χ4n) is 4.29. The molecule has 5 heteroatoms. The maximum Gasteiger partial charge on any atom is 0.336 e. The van der Waals surface area contributed by atoms with E-state index < -0.39 is 17.3 Å². The van der Waals surface area contributed by atoms with Gasteiger partial charge in [0.1, 0.15) is 23.2 Å². The van der Waals surface area contributed by atoms with Crippen molar-refractivity contribution in [3.05, 3.63) is 64.0 Å². The fraction of sp³-hybridized carbons (Fsp3) is 0.320. The van der Waals surface area contributed by atoms with Crippen molar-refractivity contribution in [2.45, 2.75) is 45.5 Å². The average Bonchev–Trinajstić information content (AvgIpc) is 2.71. The molecule has 0 fully saturated rings. The molecule has 3 atom stereocenters. The summed E-state index contributed by atoms with van der Waals surface area (Å²) < 4.78 is 18.3. The van der Waals surface area contributed by atoms with Gasteiger partial charge in [-0.1, -0.05) is 37.3 Å². The number of aliphatic hydroxyl groups excluding tert-OH is 1. The van der Waals surface area contributed by atoms with Gasteiger partial charge in [0.2, 0.25) is 0 Å². The minimum Gasteiger partial charge on any atom is -0.489 e. The van der Waals surface area contributed by atoms with E-state index in [1.54, 1.807) is 0 Å². The summed E-state index contributed by atoms with van der Waals surface area (Å²) in [7, 11) is 0. The maximum absolute atomic E-state index is 12.6. The van der Waals surface area contributed by atoms with Crippen LogP contribution in [-0.4, -0.2) is 16.8 Å². The van der Waals surface area contributed by atoms with Gasteiger partial charge in [-0.15, -0.1) is 0 Å². The van der Waals surface area contributed by atoms with Crippen LogP contribution in [-0.2, 0) is 0 Å². The number of fused-ring (bicyclic) bond motifs is 6. The lowest BCUT2D eigenvalue weighted by molar-refractivity contribution is 0.0173. The van der Waals surface area contributed by atoms with Crippen molar-refractivity contribution in [1.82, 2.24) is 0 Å². The van der Waals surface area contributed by atoms with Crippen LogP contribution >= 0.6 is 0 Å². The molecule has 0 radical (unpaired) electrons. The van der Waals surface area contributed by atoms with Crippen molar-refractivity contribution in [1.29, 1.82) is 0 Å². The molecule has 1 N–H and O–H groups in total. The molecular formula is C25H24O5. The fourth-order valence-corrected chi connectivity index (χ4v) is 4.29. The van der Waals surface area contributed by atoms with Crippen LogP contribution in [0, 0.1) is 5.92 Å². The Morgan fingerprint density at radius 2 is 1.80 bits per heavy atom. The Bertz CT molecular complexity index is 1240. The van der Waals surface area contributed by atoms with Crippen molar-refractivity contribution >= 4 is 17.0 Å². The smallest absolute Gasteiger partial charge is 0.336 e. The molecule has 0 bridgehead atoms. The van der Waals surface area contributed by atoms with E-state index in [1.165, 1.54) is 6.07 Å². The van der Waals surface area contributed by atoms with Gasteiger partial charge >= 0.3 is 5.63 Å². The predicted molar refractivity (Wildman–Crippen MR) is 116 cm³/mol. The first kappa shape index (κ1) is 18.9. The second-order valence-corrected chi connectivity index (χ2v) is 8.70. The summed E-state index contributed by atoms with van der Waals surface area (Å²) in [5.41, 5.74) is 2.18. The molecule has 3 heterocycles. The molecule has 5 nitrogen and oxygen atoms in total. The van der Waals surface area contributed by atoms with E-state index in [4.69, 9.17) is 13.9 Å². The molecule has 2 aromatic carbocycles. The summed E-state index contributed by atoms with van der Waals surface area (Å²) >= 11 is 0. The topological polar surface area (TPSA) is 68.9 Å². The van der Waals surface area contributed by atoms with Crippen LogP contribution in [0.15, 0.2) is 51.7 Å². The summed E-state index contributed by atoms with van der Waals surface area (Å²) in [6, 6.07) is 11.2. The third-order valence-corrected chi connectivity index (χ3v) is 6.11. The Morgan fingerprint density at radius 1 is 1.07 bits per heavy atom. The molecule has 0 saturated carbocycles. The molecule has 0 saturated heterocycles. The van der Waals surface area contributed by atoms with Gasteiger partial charge in [0, 0.05) is 17.5 Å². The molecule has 5 rings (SSSR count). The van der Waals surface area contributed by atoms with Gasteiger partial charge in [0.15, 0.2) is 5.58 Å². The third-order valence-electron chi connectivity index (χ3n) is 6.11. The van der Waals surface area contributed by atoms with Crippen molar-refractivity contribution in [3.8, 4) is 22.6 Å².